The molecule has 30 heavy (non-hydrogen) atoms. The lowest BCUT2D eigenvalue weighted by atomic mass is 9.90. The summed E-state index contributed by atoms with van der Waals surface area (Å²) in [6, 6.07) is 21.2. The number of carbonyl (C=O) groups is 1. The first-order chi connectivity index (χ1) is 14.7. The van der Waals surface area contributed by atoms with Crippen LogP contribution in [0.4, 0.5) is 11.5 Å². The van der Waals surface area contributed by atoms with Crippen LogP contribution in [-0.2, 0) is 6.42 Å². The van der Waals surface area contributed by atoms with E-state index in [1.54, 1.807) is 30.3 Å². The number of aromatic nitrogens is 2. The number of nitrogens with one attached hydrogen (secondary N) is 1. The topological polar surface area (TPSA) is 81.9 Å². The maximum atomic E-state index is 12.6. The van der Waals surface area contributed by atoms with E-state index < -0.39 is 0 Å². The van der Waals surface area contributed by atoms with Gasteiger partial charge in [-0.15, -0.1) is 0 Å². The number of amides is 1. The average molecular weight is 397 g/mol. The summed E-state index contributed by atoms with van der Waals surface area (Å²) >= 11 is 0. The number of carbonyl (C=O) groups excluding carboxylic acids is 1. The number of benzene rings is 2. The summed E-state index contributed by atoms with van der Waals surface area (Å²) in [5, 5.41) is 11.7. The zero-order valence-corrected chi connectivity index (χ0v) is 16.7. The van der Waals surface area contributed by atoms with Gasteiger partial charge >= 0.3 is 0 Å². The van der Waals surface area contributed by atoms with Crippen molar-refractivity contribution in [2.24, 2.45) is 5.92 Å². The van der Waals surface area contributed by atoms with Gasteiger partial charge in [-0.25, -0.2) is 9.97 Å². The Bertz CT molecular complexity index is 1040. The Balaban J connectivity index is 1.36. The summed E-state index contributed by atoms with van der Waals surface area (Å²) in [4.78, 5) is 23.3. The van der Waals surface area contributed by atoms with Crippen LogP contribution < -0.4 is 10.2 Å². The van der Waals surface area contributed by atoms with Gasteiger partial charge in [-0.2, -0.15) is 5.26 Å². The van der Waals surface area contributed by atoms with Crippen LogP contribution in [0, 0.1) is 17.2 Å². The third-order valence-electron chi connectivity index (χ3n) is 5.46. The lowest BCUT2D eigenvalue weighted by Crippen LogP contribution is -2.35. The largest absolute Gasteiger partial charge is 0.356 e. The Morgan fingerprint density at radius 1 is 1.07 bits per heavy atom. The van der Waals surface area contributed by atoms with Gasteiger partial charge in [0, 0.05) is 24.8 Å². The summed E-state index contributed by atoms with van der Waals surface area (Å²) in [6.07, 6.45) is 4.76. The second-order valence-corrected chi connectivity index (χ2v) is 7.52. The molecule has 6 heteroatoms. The monoisotopic (exact) mass is 397 g/mol. The van der Waals surface area contributed by atoms with Gasteiger partial charge in [0.25, 0.3) is 5.91 Å². The minimum Gasteiger partial charge on any atom is -0.356 e. The number of rotatable bonds is 5. The number of nitriles is 1. The van der Waals surface area contributed by atoms with Crippen LogP contribution in [0.2, 0.25) is 0 Å². The Labute approximate surface area is 176 Å². The van der Waals surface area contributed by atoms with E-state index >= 15 is 0 Å². The van der Waals surface area contributed by atoms with Crippen molar-refractivity contribution in [1.82, 2.24) is 9.97 Å². The molecule has 1 fully saturated rings. The molecule has 1 aliphatic heterocycles. The third-order valence-corrected chi connectivity index (χ3v) is 5.46. The quantitative estimate of drug-likeness (QED) is 0.702. The molecule has 1 N–H and O–H groups in total. The van der Waals surface area contributed by atoms with E-state index in [1.807, 2.05) is 0 Å². The van der Waals surface area contributed by atoms with Crippen LogP contribution >= 0.6 is 0 Å². The van der Waals surface area contributed by atoms with Gasteiger partial charge in [-0.3, -0.25) is 4.79 Å². The summed E-state index contributed by atoms with van der Waals surface area (Å²) in [7, 11) is 0. The molecular weight excluding hydrogens is 374 g/mol. The number of hydrogen-bond donors (Lipinski definition) is 1. The van der Waals surface area contributed by atoms with Crippen molar-refractivity contribution in [2.75, 3.05) is 23.3 Å². The lowest BCUT2D eigenvalue weighted by Gasteiger charge is -2.33. The number of nitrogens with zero attached hydrogens (tertiary/aromatic N) is 4. The zero-order chi connectivity index (χ0) is 20.8. The highest BCUT2D eigenvalue weighted by Crippen LogP contribution is 2.25. The summed E-state index contributed by atoms with van der Waals surface area (Å²) < 4.78 is 0. The van der Waals surface area contributed by atoms with E-state index in [4.69, 9.17) is 5.26 Å². The molecule has 0 saturated carbocycles. The molecule has 150 valence electrons. The molecule has 6 nitrogen and oxygen atoms in total. The van der Waals surface area contributed by atoms with Crippen LogP contribution in [0.3, 0.4) is 0 Å². The number of hydrogen-bond acceptors (Lipinski definition) is 5. The molecule has 2 aromatic carbocycles. The van der Waals surface area contributed by atoms with Crippen molar-refractivity contribution in [2.45, 2.75) is 19.3 Å². The normalized spacial score (nSPS) is 14.2. The van der Waals surface area contributed by atoms with Crippen LogP contribution in [0.15, 0.2) is 67.0 Å². The van der Waals surface area contributed by atoms with Gasteiger partial charge < -0.3 is 10.2 Å². The Kier molecular flexibility index (Phi) is 6.00. The van der Waals surface area contributed by atoms with E-state index in [2.05, 4.69) is 56.6 Å². The van der Waals surface area contributed by atoms with Crippen LogP contribution in [0.25, 0.3) is 0 Å². The molecule has 4 rings (SSSR count). The fourth-order valence-corrected chi connectivity index (χ4v) is 3.78. The van der Waals surface area contributed by atoms with Crippen molar-refractivity contribution in [3.63, 3.8) is 0 Å². The summed E-state index contributed by atoms with van der Waals surface area (Å²) in [5.41, 5.74) is 2.89. The third kappa shape index (κ3) is 4.81. The highest BCUT2D eigenvalue weighted by molar-refractivity contribution is 6.03. The highest BCUT2D eigenvalue weighted by Gasteiger charge is 2.21. The molecule has 0 bridgehead atoms. The van der Waals surface area contributed by atoms with Gasteiger partial charge in [-0.1, -0.05) is 30.3 Å². The highest BCUT2D eigenvalue weighted by atomic mass is 16.1. The maximum absolute atomic E-state index is 12.6. The van der Waals surface area contributed by atoms with Gasteiger partial charge in [-0.05, 0) is 55.0 Å². The molecule has 0 unspecified atom stereocenters. The number of anilines is 2. The SMILES string of the molecule is N#Cc1ccc(NC(=O)c2cc(N3CCC(Cc4ccccc4)CC3)ncn2)cc1. The van der Waals surface area contributed by atoms with E-state index in [0.717, 1.165) is 38.2 Å². The molecule has 0 spiro atoms. The molecule has 0 atom stereocenters. The second kappa shape index (κ2) is 9.19. The minimum absolute atomic E-state index is 0.290. The van der Waals surface area contributed by atoms with Crippen molar-refractivity contribution in [3.05, 3.63) is 83.8 Å². The van der Waals surface area contributed by atoms with Crippen LogP contribution in [-0.4, -0.2) is 29.0 Å². The van der Waals surface area contributed by atoms with Gasteiger partial charge in [0.05, 0.1) is 11.6 Å². The minimum atomic E-state index is -0.290. The second-order valence-electron chi connectivity index (χ2n) is 7.52. The predicted molar refractivity (Wildman–Crippen MR) is 116 cm³/mol. The average Bonchev–Trinajstić information content (AvgIpc) is 2.81. The maximum Gasteiger partial charge on any atom is 0.274 e. The molecule has 0 aliphatic carbocycles. The fraction of sp³-hybridized carbons (Fsp3) is 0.250. The van der Waals surface area contributed by atoms with Gasteiger partial charge in [0.15, 0.2) is 0 Å². The van der Waals surface area contributed by atoms with E-state index in [9.17, 15) is 4.79 Å². The van der Waals surface area contributed by atoms with E-state index in [1.165, 1.54) is 11.9 Å². The summed E-state index contributed by atoms with van der Waals surface area (Å²) in [5.74, 6) is 1.17. The van der Waals surface area contributed by atoms with Crippen LogP contribution in [0.5, 0.6) is 0 Å². The Morgan fingerprint density at radius 3 is 2.50 bits per heavy atom. The summed E-state index contributed by atoms with van der Waals surface area (Å²) in [6.45, 7) is 1.84. The van der Waals surface area contributed by atoms with Crippen molar-refractivity contribution in [3.8, 4) is 6.07 Å². The smallest absolute Gasteiger partial charge is 0.274 e. The molecule has 3 aromatic rings. The predicted octanol–water partition coefficient (Wildman–Crippen LogP) is 4.06. The zero-order valence-electron chi connectivity index (χ0n) is 16.7. The molecule has 0 radical (unpaired) electrons. The van der Waals surface area contributed by atoms with E-state index in [0.29, 0.717) is 22.9 Å². The Morgan fingerprint density at radius 2 is 1.80 bits per heavy atom. The first-order valence-electron chi connectivity index (χ1n) is 10.1. The van der Waals surface area contributed by atoms with Crippen LogP contribution in [0.1, 0.15) is 34.5 Å². The molecule has 1 aliphatic rings. The van der Waals surface area contributed by atoms with Crippen molar-refractivity contribution < 1.29 is 4.79 Å². The molecule has 1 saturated heterocycles. The Hall–Kier alpha value is -3.72. The molecule has 1 aromatic heterocycles. The van der Waals surface area contributed by atoms with Crippen molar-refractivity contribution >= 4 is 17.4 Å². The molecular formula is C24H23N5O. The van der Waals surface area contributed by atoms with Crippen molar-refractivity contribution in [1.29, 1.82) is 5.26 Å². The van der Waals surface area contributed by atoms with Gasteiger partial charge in [0.1, 0.15) is 17.8 Å². The lowest BCUT2D eigenvalue weighted by molar-refractivity contribution is 0.102. The number of piperidine rings is 1. The molecule has 1 amide bonds. The first-order valence-corrected chi connectivity index (χ1v) is 10.1. The fourth-order valence-electron chi connectivity index (χ4n) is 3.78. The standard InChI is InChI=1S/C24H23N5O/c25-16-20-6-8-21(9-7-20)28-24(30)22-15-23(27-17-26-22)29-12-10-19(11-13-29)14-18-4-2-1-3-5-18/h1-9,15,17,19H,10-14H2,(H,28,30). The van der Waals surface area contributed by atoms with E-state index in [-0.39, 0.29) is 5.91 Å². The first kappa shape index (κ1) is 19.6. The molecule has 2 heterocycles. The van der Waals surface area contributed by atoms with Gasteiger partial charge in [0.2, 0.25) is 0 Å².